The van der Waals surface area contributed by atoms with Gasteiger partial charge in [-0.2, -0.15) is 0 Å². The molecule has 2 N–H and O–H groups in total. The van der Waals surface area contributed by atoms with E-state index in [4.69, 9.17) is 9.15 Å². The number of rotatable bonds is 7. The van der Waals surface area contributed by atoms with Gasteiger partial charge in [0, 0.05) is 51.9 Å². The highest BCUT2D eigenvalue weighted by atomic mass is 79.9. The molecule has 1 amide bonds. The van der Waals surface area contributed by atoms with Crippen molar-refractivity contribution in [2.24, 2.45) is 0 Å². The van der Waals surface area contributed by atoms with Crippen LogP contribution in [0, 0.1) is 10.1 Å². The van der Waals surface area contributed by atoms with Gasteiger partial charge in [-0.25, -0.2) is 0 Å². The monoisotopic (exact) mass is 483 g/mol. The van der Waals surface area contributed by atoms with Gasteiger partial charge in [0.1, 0.15) is 11.5 Å². The largest absolute Gasteiger partial charge is 0.497 e. The normalized spacial score (nSPS) is 10.9. The first-order valence-electron chi connectivity index (χ1n) is 9.42. The number of methoxy groups -OCH3 is 1. The number of nitrogens with one attached hydrogen (secondary N) is 2. The first-order chi connectivity index (χ1) is 15.0. The van der Waals surface area contributed by atoms with Gasteiger partial charge in [-0.15, -0.1) is 0 Å². The van der Waals surface area contributed by atoms with Crippen molar-refractivity contribution in [2.75, 3.05) is 13.7 Å². The van der Waals surface area contributed by atoms with Gasteiger partial charge in [-0.1, -0.05) is 0 Å². The molecular weight excluding hydrogens is 466 g/mol. The number of nitro benzene ring substituents is 1. The molecule has 0 saturated heterocycles. The number of furan rings is 1. The Kier molecular flexibility index (Phi) is 5.77. The number of halogens is 1. The van der Waals surface area contributed by atoms with Gasteiger partial charge >= 0.3 is 0 Å². The van der Waals surface area contributed by atoms with Gasteiger partial charge < -0.3 is 19.5 Å². The topological polar surface area (TPSA) is 110 Å². The first-order valence-corrected chi connectivity index (χ1v) is 10.2. The number of benzene rings is 2. The van der Waals surface area contributed by atoms with Crippen LogP contribution in [0.25, 0.3) is 22.2 Å². The van der Waals surface area contributed by atoms with Gasteiger partial charge in [0.25, 0.3) is 11.6 Å². The van der Waals surface area contributed by atoms with Crippen molar-refractivity contribution in [2.45, 2.75) is 6.42 Å². The van der Waals surface area contributed by atoms with E-state index in [1.807, 2.05) is 24.4 Å². The van der Waals surface area contributed by atoms with Crippen molar-refractivity contribution in [1.82, 2.24) is 10.3 Å². The van der Waals surface area contributed by atoms with E-state index in [0.717, 1.165) is 22.2 Å². The minimum atomic E-state index is -0.472. The summed E-state index contributed by atoms with van der Waals surface area (Å²) in [5, 5.41) is 14.8. The van der Waals surface area contributed by atoms with Gasteiger partial charge in [-0.05, 0) is 58.2 Å². The number of ether oxygens (including phenoxy) is 1. The maximum atomic E-state index is 12.5. The number of carbonyl (C=O) groups is 1. The van der Waals surface area contributed by atoms with E-state index in [1.165, 1.54) is 12.1 Å². The number of hydrogen-bond donors (Lipinski definition) is 2. The summed E-state index contributed by atoms with van der Waals surface area (Å²) in [6.45, 7) is 0.440. The summed E-state index contributed by atoms with van der Waals surface area (Å²) in [6.07, 6.45) is 2.58. The Morgan fingerprint density at radius 2 is 2.06 bits per heavy atom. The van der Waals surface area contributed by atoms with E-state index in [1.54, 1.807) is 25.3 Å². The van der Waals surface area contributed by atoms with E-state index < -0.39 is 4.92 Å². The molecule has 0 aliphatic carbocycles. The van der Waals surface area contributed by atoms with Crippen molar-refractivity contribution < 1.29 is 18.9 Å². The third-order valence-electron chi connectivity index (χ3n) is 4.91. The maximum Gasteiger partial charge on any atom is 0.287 e. The molecule has 9 heteroatoms. The van der Waals surface area contributed by atoms with Crippen LogP contribution in [0.15, 0.2) is 63.6 Å². The molecule has 0 saturated carbocycles. The number of H-pyrrole nitrogens is 1. The summed E-state index contributed by atoms with van der Waals surface area (Å²) >= 11 is 3.32. The van der Waals surface area contributed by atoms with Crippen LogP contribution in [0.1, 0.15) is 16.1 Å². The van der Waals surface area contributed by atoms with Crippen molar-refractivity contribution in [1.29, 1.82) is 0 Å². The molecule has 158 valence electrons. The fourth-order valence-electron chi connectivity index (χ4n) is 3.32. The zero-order valence-corrected chi connectivity index (χ0v) is 18.1. The van der Waals surface area contributed by atoms with Crippen molar-refractivity contribution in [3.05, 3.63) is 80.6 Å². The van der Waals surface area contributed by atoms with E-state index in [-0.39, 0.29) is 17.4 Å². The lowest BCUT2D eigenvalue weighted by atomic mass is 10.1. The van der Waals surface area contributed by atoms with Crippen molar-refractivity contribution >= 4 is 38.4 Å². The van der Waals surface area contributed by atoms with Crippen LogP contribution in [0.4, 0.5) is 5.69 Å². The predicted octanol–water partition coefficient (Wildman–Crippen LogP) is 5.08. The number of hydrogen-bond acceptors (Lipinski definition) is 5. The molecule has 31 heavy (non-hydrogen) atoms. The second-order valence-corrected chi connectivity index (χ2v) is 7.67. The zero-order valence-electron chi connectivity index (χ0n) is 16.5. The van der Waals surface area contributed by atoms with Crippen LogP contribution >= 0.6 is 15.9 Å². The van der Waals surface area contributed by atoms with Gasteiger partial charge in [0.2, 0.25) is 0 Å². The third kappa shape index (κ3) is 4.31. The van der Waals surface area contributed by atoms with Crippen LogP contribution in [-0.2, 0) is 6.42 Å². The Morgan fingerprint density at radius 1 is 1.23 bits per heavy atom. The van der Waals surface area contributed by atoms with Gasteiger partial charge in [0.05, 0.1) is 12.0 Å². The molecule has 0 fully saturated rings. The van der Waals surface area contributed by atoms with E-state index in [9.17, 15) is 14.9 Å². The Balaban J connectivity index is 1.40. The number of aromatic amines is 1. The summed E-state index contributed by atoms with van der Waals surface area (Å²) in [7, 11) is 1.63. The molecule has 0 radical (unpaired) electrons. The van der Waals surface area contributed by atoms with Gasteiger partial charge in [0.15, 0.2) is 5.76 Å². The molecule has 2 aromatic carbocycles. The van der Waals surface area contributed by atoms with Crippen molar-refractivity contribution in [3.8, 4) is 17.1 Å². The number of non-ortho nitro benzene ring substituents is 1. The molecule has 0 aliphatic rings. The summed E-state index contributed by atoms with van der Waals surface area (Å²) in [6, 6.07) is 13.4. The summed E-state index contributed by atoms with van der Waals surface area (Å²) in [4.78, 5) is 26.1. The van der Waals surface area contributed by atoms with Crippen LogP contribution in [0.3, 0.4) is 0 Å². The molecule has 4 rings (SSSR count). The van der Waals surface area contributed by atoms with Gasteiger partial charge in [-0.3, -0.25) is 14.9 Å². The fourth-order valence-corrected chi connectivity index (χ4v) is 3.88. The lowest BCUT2D eigenvalue weighted by molar-refractivity contribution is -0.384. The Morgan fingerprint density at radius 3 is 2.81 bits per heavy atom. The molecule has 0 atom stereocenters. The number of amides is 1. The molecule has 8 nitrogen and oxygen atoms in total. The van der Waals surface area contributed by atoms with E-state index >= 15 is 0 Å². The Labute approximate surface area is 185 Å². The van der Waals surface area contributed by atoms with E-state index in [2.05, 4.69) is 26.2 Å². The third-order valence-corrected chi connectivity index (χ3v) is 5.57. The number of fused-ring (bicyclic) bond motifs is 1. The minimum absolute atomic E-state index is 0.0316. The van der Waals surface area contributed by atoms with Crippen LogP contribution in [0.5, 0.6) is 5.75 Å². The van der Waals surface area contributed by atoms with Crippen LogP contribution in [-0.4, -0.2) is 29.5 Å². The fraction of sp³-hybridized carbons (Fsp3) is 0.136. The predicted molar refractivity (Wildman–Crippen MR) is 119 cm³/mol. The Hall–Kier alpha value is -3.59. The zero-order chi connectivity index (χ0) is 22.0. The average molecular weight is 484 g/mol. The average Bonchev–Trinajstić information content (AvgIpc) is 3.40. The van der Waals surface area contributed by atoms with E-state index in [0.29, 0.717) is 28.8 Å². The van der Waals surface area contributed by atoms with Crippen LogP contribution < -0.4 is 10.1 Å². The number of nitro groups is 1. The molecule has 0 aliphatic heterocycles. The van der Waals surface area contributed by atoms with Crippen LogP contribution in [0.2, 0.25) is 0 Å². The smallest absolute Gasteiger partial charge is 0.287 e. The van der Waals surface area contributed by atoms with Crippen molar-refractivity contribution in [3.63, 3.8) is 0 Å². The second kappa shape index (κ2) is 8.65. The molecule has 0 spiro atoms. The SMILES string of the molecule is COc1ccc2c(CCNC(=O)c3ccc(-c4ccc([N+](=O)[O-])cc4Br)o3)c[nH]c2c1. The molecular formula is C22H18BrN3O5. The standard InChI is InChI=1S/C22H18BrN3O5/c1-30-15-3-5-16-13(12-25-19(16)11-15)8-9-24-22(27)21-7-6-20(31-21)17-4-2-14(26(28)29)10-18(17)23/h2-7,10-12,25H,8-9H2,1H3,(H,24,27). The summed E-state index contributed by atoms with van der Waals surface area (Å²) in [5.74, 6) is 1.06. The lowest BCUT2D eigenvalue weighted by Crippen LogP contribution is -2.25. The molecule has 0 bridgehead atoms. The quantitative estimate of drug-likeness (QED) is 0.281. The highest BCUT2D eigenvalue weighted by Gasteiger charge is 2.16. The molecule has 2 aromatic heterocycles. The minimum Gasteiger partial charge on any atom is -0.497 e. The lowest BCUT2D eigenvalue weighted by Gasteiger charge is -2.04. The second-order valence-electron chi connectivity index (χ2n) is 6.82. The first kappa shape index (κ1) is 20.7. The number of carbonyl (C=O) groups excluding carboxylic acids is 1. The number of aromatic nitrogens is 1. The molecule has 0 unspecified atom stereocenters. The Bertz CT molecular complexity index is 1280. The molecule has 4 aromatic rings. The number of nitrogens with zero attached hydrogens (tertiary/aromatic N) is 1. The summed E-state index contributed by atoms with van der Waals surface area (Å²) < 4.78 is 11.4. The highest BCUT2D eigenvalue weighted by Crippen LogP contribution is 2.32. The highest BCUT2D eigenvalue weighted by molar-refractivity contribution is 9.10. The maximum absolute atomic E-state index is 12.5. The summed E-state index contributed by atoms with van der Waals surface area (Å²) in [5.41, 5.74) is 2.66. The molecule has 2 heterocycles.